The summed E-state index contributed by atoms with van der Waals surface area (Å²) in [4.78, 5) is 4.14. The molecule has 0 fully saturated rings. The van der Waals surface area contributed by atoms with Gasteiger partial charge in [-0.3, -0.25) is 4.98 Å². The summed E-state index contributed by atoms with van der Waals surface area (Å²) in [6.07, 6.45) is 7.34. The molecule has 2 rings (SSSR count). The zero-order valence-electron chi connectivity index (χ0n) is 10.1. The van der Waals surface area contributed by atoms with Gasteiger partial charge in [-0.05, 0) is 36.7 Å². The first kappa shape index (κ1) is 11.9. The summed E-state index contributed by atoms with van der Waals surface area (Å²) in [5.41, 5.74) is 1.25. The van der Waals surface area contributed by atoms with Crippen molar-refractivity contribution >= 4 is 0 Å². The molecular weight excluding hydrogens is 212 g/mol. The average Bonchev–Trinajstić information content (AvgIpc) is 2.83. The molecule has 0 aliphatic heterocycles. The molecule has 17 heavy (non-hydrogen) atoms. The molecule has 2 heterocycles. The number of rotatable bonds is 6. The van der Waals surface area contributed by atoms with Crippen LogP contribution in [-0.4, -0.2) is 17.6 Å². The third kappa shape index (κ3) is 3.71. The highest BCUT2D eigenvalue weighted by atomic mass is 16.3. The fourth-order valence-electron chi connectivity index (χ4n) is 1.98. The van der Waals surface area contributed by atoms with E-state index in [1.807, 2.05) is 24.4 Å². The van der Waals surface area contributed by atoms with Crippen LogP contribution in [-0.2, 0) is 12.8 Å². The lowest BCUT2D eigenvalue weighted by Crippen LogP contribution is -2.32. The minimum absolute atomic E-state index is 0.398. The van der Waals surface area contributed by atoms with Gasteiger partial charge in [0.2, 0.25) is 0 Å². The number of hydrogen-bond donors (Lipinski definition) is 1. The summed E-state index contributed by atoms with van der Waals surface area (Å²) in [6, 6.07) is 8.44. The Morgan fingerprint density at radius 3 is 2.88 bits per heavy atom. The van der Waals surface area contributed by atoms with Crippen molar-refractivity contribution in [3.8, 4) is 0 Å². The second-order valence-electron chi connectivity index (χ2n) is 4.10. The van der Waals surface area contributed by atoms with Gasteiger partial charge in [-0.2, -0.15) is 0 Å². The van der Waals surface area contributed by atoms with Gasteiger partial charge in [0, 0.05) is 24.9 Å². The van der Waals surface area contributed by atoms with Crippen LogP contribution >= 0.6 is 0 Å². The Morgan fingerprint density at radius 1 is 1.29 bits per heavy atom. The first-order chi connectivity index (χ1) is 8.38. The Bertz CT molecular complexity index is 411. The van der Waals surface area contributed by atoms with Gasteiger partial charge < -0.3 is 9.73 Å². The molecule has 0 spiro atoms. The molecule has 2 aromatic heterocycles. The van der Waals surface area contributed by atoms with Gasteiger partial charge in [-0.25, -0.2) is 0 Å². The lowest BCUT2D eigenvalue weighted by atomic mass is 10.0. The van der Waals surface area contributed by atoms with Gasteiger partial charge in [0.1, 0.15) is 5.76 Å². The molecule has 3 nitrogen and oxygen atoms in total. The van der Waals surface area contributed by atoms with Gasteiger partial charge >= 0.3 is 0 Å². The Morgan fingerprint density at radius 2 is 2.24 bits per heavy atom. The van der Waals surface area contributed by atoms with Gasteiger partial charge in [-0.1, -0.05) is 13.0 Å². The molecule has 0 aliphatic carbocycles. The molecule has 3 heteroatoms. The molecule has 0 aliphatic rings. The molecule has 0 saturated carbocycles. The highest BCUT2D eigenvalue weighted by Crippen LogP contribution is 2.09. The maximum Gasteiger partial charge on any atom is 0.105 e. The quantitative estimate of drug-likeness (QED) is 0.828. The van der Waals surface area contributed by atoms with E-state index in [2.05, 4.69) is 23.3 Å². The largest absolute Gasteiger partial charge is 0.469 e. The number of hydrogen-bond acceptors (Lipinski definition) is 3. The second-order valence-corrected chi connectivity index (χ2v) is 4.10. The van der Waals surface area contributed by atoms with Crippen molar-refractivity contribution in [3.05, 3.63) is 54.2 Å². The molecule has 2 aromatic rings. The van der Waals surface area contributed by atoms with E-state index >= 15 is 0 Å². The first-order valence-corrected chi connectivity index (χ1v) is 6.03. The van der Waals surface area contributed by atoms with Crippen LogP contribution in [0.25, 0.3) is 0 Å². The van der Waals surface area contributed by atoms with Crippen molar-refractivity contribution in [1.82, 2.24) is 10.3 Å². The topological polar surface area (TPSA) is 38.1 Å². The van der Waals surface area contributed by atoms with Crippen molar-refractivity contribution in [3.63, 3.8) is 0 Å². The summed E-state index contributed by atoms with van der Waals surface area (Å²) >= 11 is 0. The van der Waals surface area contributed by atoms with Crippen LogP contribution in [0.4, 0.5) is 0 Å². The van der Waals surface area contributed by atoms with Crippen molar-refractivity contribution in [1.29, 1.82) is 0 Å². The van der Waals surface area contributed by atoms with Crippen LogP contribution in [0.1, 0.15) is 18.2 Å². The molecule has 0 bridgehead atoms. The fourth-order valence-corrected chi connectivity index (χ4v) is 1.98. The fraction of sp³-hybridized carbons (Fsp3) is 0.357. The van der Waals surface area contributed by atoms with Crippen LogP contribution in [0, 0.1) is 0 Å². The number of aromatic nitrogens is 1. The Hall–Kier alpha value is -1.61. The number of furan rings is 1. The van der Waals surface area contributed by atoms with E-state index in [9.17, 15) is 0 Å². The van der Waals surface area contributed by atoms with Crippen molar-refractivity contribution in [2.75, 3.05) is 6.54 Å². The van der Waals surface area contributed by atoms with E-state index in [1.54, 1.807) is 12.5 Å². The molecule has 1 unspecified atom stereocenters. The molecule has 0 saturated heterocycles. The SMILES string of the molecule is CCNC(Cc1cccnc1)Cc1ccco1. The number of nitrogens with zero attached hydrogens (tertiary/aromatic N) is 1. The summed E-state index contributed by atoms with van der Waals surface area (Å²) < 4.78 is 5.39. The summed E-state index contributed by atoms with van der Waals surface area (Å²) in [7, 11) is 0. The van der Waals surface area contributed by atoms with E-state index in [0.717, 1.165) is 25.1 Å². The second kappa shape index (κ2) is 6.21. The average molecular weight is 230 g/mol. The third-order valence-electron chi connectivity index (χ3n) is 2.73. The maximum absolute atomic E-state index is 5.39. The first-order valence-electron chi connectivity index (χ1n) is 6.03. The van der Waals surface area contributed by atoms with Gasteiger partial charge in [-0.15, -0.1) is 0 Å². The lowest BCUT2D eigenvalue weighted by molar-refractivity contribution is 0.444. The zero-order chi connectivity index (χ0) is 11.9. The van der Waals surface area contributed by atoms with E-state index in [4.69, 9.17) is 4.42 Å². The normalized spacial score (nSPS) is 12.5. The number of likely N-dealkylation sites (N-methyl/N-ethyl adjacent to an activating group) is 1. The molecule has 0 radical (unpaired) electrons. The molecule has 1 N–H and O–H groups in total. The van der Waals surface area contributed by atoms with E-state index in [1.165, 1.54) is 5.56 Å². The van der Waals surface area contributed by atoms with Crippen molar-refractivity contribution < 1.29 is 4.42 Å². The van der Waals surface area contributed by atoms with Crippen molar-refractivity contribution in [2.24, 2.45) is 0 Å². The predicted octanol–water partition coefficient (Wildman–Crippen LogP) is 2.44. The maximum atomic E-state index is 5.39. The molecule has 1 atom stereocenters. The van der Waals surface area contributed by atoms with Gasteiger partial charge in [0.15, 0.2) is 0 Å². The third-order valence-corrected chi connectivity index (χ3v) is 2.73. The van der Waals surface area contributed by atoms with Gasteiger partial charge in [0.25, 0.3) is 0 Å². The van der Waals surface area contributed by atoms with Crippen LogP contribution in [0.2, 0.25) is 0 Å². The minimum atomic E-state index is 0.398. The monoisotopic (exact) mass is 230 g/mol. The Balaban J connectivity index is 1.97. The van der Waals surface area contributed by atoms with E-state index in [0.29, 0.717) is 6.04 Å². The Labute approximate surface area is 102 Å². The van der Waals surface area contributed by atoms with Gasteiger partial charge in [0.05, 0.1) is 6.26 Å². The van der Waals surface area contributed by atoms with Crippen LogP contribution < -0.4 is 5.32 Å². The zero-order valence-corrected chi connectivity index (χ0v) is 10.1. The van der Waals surface area contributed by atoms with Crippen LogP contribution in [0.3, 0.4) is 0 Å². The molecule has 0 aromatic carbocycles. The molecule has 90 valence electrons. The number of pyridine rings is 1. The number of nitrogens with one attached hydrogen (secondary N) is 1. The Kier molecular flexibility index (Phi) is 4.33. The minimum Gasteiger partial charge on any atom is -0.469 e. The van der Waals surface area contributed by atoms with E-state index in [-0.39, 0.29) is 0 Å². The predicted molar refractivity (Wildman–Crippen MR) is 67.8 cm³/mol. The van der Waals surface area contributed by atoms with Crippen molar-refractivity contribution in [2.45, 2.75) is 25.8 Å². The van der Waals surface area contributed by atoms with E-state index < -0.39 is 0 Å². The summed E-state index contributed by atoms with van der Waals surface area (Å²) in [5, 5.41) is 3.48. The molecule has 0 amide bonds. The highest BCUT2D eigenvalue weighted by molar-refractivity contribution is 5.11. The summed E-state index contributed by atoms with van der Waals surface area (Å²) in [5.74, 6) is 1.03. The molecular formula is C14H18N2O. The standard InChI is InChI=1S/C14H18N2O/c1-2-16-13(10-14-6-4-8-17-14)9-12-5-3-7-15-11-12/h3-8,11,13,16H,2,9-10H2,1H3. The summed E-state index contributed by atoms with van der Waals surface area (Å²) in [6.45, 7) is 3.09. The lowest BCUT2D eigenvalue weighted by Gasteiger charge is -2.16. The highest BCUT2D eigenvalue weighted by Gasteiger charge is 2.10. The van der Waals surface area contributed by atoms with Crippen LogP contribution in [0.15, 0.2) is 47.3 Å². The smallest absolute Gasteiger partial charge is 0.105 e. The van der Waals surface area contributed by atoms with Crippen LogP contribution in [0.5, 0.6) is 0 Å².